The molecule has 1 aromatic carbocycles. The highest BCUT2D eigenvalue weighted by atomic mass is 35.5. The van der Waals surface area contributed by atoms with E-state index in [1.807, 2.05) is 10.7 Å². The molecule has 26 heavy (non-hydrogen) atoms. The zero-order chi connectivity index (χ0) is 18.5. The van der Waals surface area contributed by atoms with Crippen LogP contribution < -0.4 is 4.74 Å². The standard InChI is InChI=1S/C20H26ClFN2O2/c1-3-6-17-12-20(26-13-15-11-16(21)8-9-18(15)22)24(23-17)14(2)19-7-4-5-10-25-19/h8-9,11-12,14,19H,3-7,10,13H2,1-2H3. The zero-order valence-corrected chi connectivity index (χ0v) is 16.1. The second kappa shape index (κ2) is 8.87. The van der Waals surface area contributed by atoms with E-state index in [4.69, 9.17) is 26.2 Å². The summed E-state index contributed by atoms with van der Waals surface area (Å²) in [6.07, 6.45) is 5.32. The summed E-state index contributed by atoms with van der Waals surface area (Å²) >= 11 is 5.97. The maximum Gasteiger partial charge on any atom is 0.212 e. The fourth-order valence-corrected chi connectivity index (χ4v) is 3.51. The molecule has 2 aromatic rings. The predicted octanol–water partition coefficient (Wildman–Crippen LogP) is 5.34. The molecule has 1 fully saturated rings. The van der Waals surface area contributed by atoms with E-state index in [-0.39, 0.29) is 24.6 Å². The van der Waals surface area contributed by atoms with Gasteiger partial charge in [-0.2, -0.15) is 5.10 Å². The molecule has 142 valence electrons. The quantitative estimate of drug-likeness (QED) is 0.650. The molecule has 0 saturated carbocycles. The summed E-state index contributed by atoms with van der Waals surface area (Å²) in [7, 11) is 0. The number of hydrogen-bond acceptors (Lipinski definition) is 3. The lowest BCUT2D eigenvalue weighted by molar-refractivity contribution is -0.0170. The van der Waals surface area contributed by atoms with Crippen LogP contribution in [0, 0.1) is 5.82 Å². The van der Waals surface area contributed by atoms with Crippen molar-refractivity contribution in [3.05, 3.63) is 46.4 Å². The van der Waals surface area contributed by atoms with Crippen molar-refractivity contribution in [2.75, 3.05) is 6.61 Å². The second-order valence-corrected chi connectivity index (χ2v) is 7.27. The SMILES string of the molecule is CCCc1cc(OCc2cc(Cl)ccc2F)n(C(C)C2CCCCO2)n1. The van der Waals surface area contributed by atoms with Crippen molar-refractivity contribution in [2.24, 2.45) is 0 Å². The monoisotopic (exact) mass is 380 g/mol. The van der Waals surface area contributed by atoms with Gasteiger partial charge in [0.2, 0.25) is 5.88 Å². The van der Waals surface area contributed by atoms with Crippen molar-refractivity contribution in [2.45, 2.75) is 64.7 Å². The van der Waals surface area contributed by atoms with Gasteiger partial charge in [-0.3, -0.25) is 0 Å². The van der Waals surface area contributed by atoms with Gasteiger partial charge in [0, 0.05) is 23.3 Å². The third kappa shape index (κ3) is 4.57. The molecule has 2 heterocycles. The summed E-state index contributed by atoms with van der Waals surface area (Å²) in [5.41, 5.74) is 1.42. The average Bonchev–Trinajstić information content (AvgIpc) is 3.05. The molecule has 2 atom stereocenters. The molecular weight excluding hydrogens is 355 g/mol. The third-order valence-corrected chi connectivity index (χ3v) is 5.02. The molecule has 1 aliphatic rings. The van der Waals surface area contributed by atoms with Crippen LogP contribution in [0.5, 0.6) is 5.88 Å². The normalized spacial score (nSPS) is 18.7. The molecule has 1 saturated heterocycles. The summed E-state index contributed by atoms with van der Waals surface area (Å²) < 4.78 is 27.7. The number of halogens is 2. The zero-order valence-electron chi connectivity index (χ0n) is 15.4. The minimum Gasteiger partial charge on any atom is -0.473 e. The highest BCUT2D eigenvalue weighted by molar-refractivity contribution is 6.30. The minimum atomic E-state index is -0.321. The third-order valence-electron chi connectivity index (χ3n) is 4.78. The summed E-state index contributed by atoms with van der Waals surface area (Å²) in [6.45, 7) is 5.13. The van der Waals surface area contributed by atoms with E-state index in [0.29, 0.717) is 16.5 Å². The molecule has 6 heteroatoms. The van der Waals surface area contributed by atoms with Crippen molar-refractivity contribution in [1.29, 1.82) is 0 Å². The Balaban J connectivity index is 1.79. The maximum absolute atomic E-state index is 14.0. The van der Waals surface area contributed by atoms with Crippen LogP contribution in [-0.2, 0) is 17.8 Å². The molecule has 4 nitrogen and oxygen atoms in total. The first-order chi connectivity index (χ1) is 12.6. The Morgan fingerprint density at radius 1 is 1.38 bits per heavy atom. The molecular formula is C20H26ClFN2O2. The molecule has 0 bridgehead atoms. The number of benzene rings is 1. The van der Waals surface area contributed by atoms with Gasteiger partial charge in [0.1, 0.15) is 12.4 Å². The first kappa shape index (κ1) is 19.2. The van der Waals surface area contributed by atoms with E-state index in [2.05, 4.69) is 13.8 Å². The van der Waals surface area contributed by atoms with E-state index in [1.165, 1.54) is 18.6 Å². The number of ether oxygens (including phenoxy) is 2. The summed E-state index contributed by atoms with van der Waals surface area (Å²) in [6, 6.07) is 6.51. The lowest BCUT2D eigenvalue weighted by Gasteiger charge is -2.29. The van der Waals surface area contributed by atoms with E-state index in [1.54, 1.807) is 6.07 Å². The molecule has 2 unspecified atom stereocenters. The molecule has 1 aliphatic heterocycles. The molecule has 0 N–H and O–H groups in total. The molecule has 0 amide bonds. The van der Waals surface area contributed by atoms with Crippen molar-refractivity contribution in [1.82, 2.24) is 9.78 Å². The lowest BCUT2D eigenvalue weighted by atomic mass is 10.0. The first-order valence-electron chi connectivity index (χ1n) is 9.35. The number of rotatable bonds is 7. The van der Waals surface area contributed by atoms with E-state index in [0.717, 1.165) is 38.0 Å². The number of aromatic nitrogens is 2. The van der Waals surface area contributed by atoms with Crippen molar-refractivity contribution in [3.8, 4) is 5.88 Å². The first-order valence-corrected chi connectivity index (χ1v) is 9.73. The van der Waals surface area contributed by atoms with Crippen molar-refractivity contribution < 1.29 is 13.9 Å². The van der Waals surface area contributed by atoms with E-state index in [9.17, 15) is 4.39 Å². The Morgan fingerprint density at radius 3 is 2.96 bits per heavy atom. The van der Waals surface area contributed by atoms with Crippen molar-refractivity contribution in [3.63, 3.8) is 0 Å². The van der Waals surface area contributed by atoms with E-state index < -0.39 is 0 Å². The molecule has 1 aromatic heterocycles. The van der Waals surface area contributed by atoms with Crippen LogP contribution in [0.2, 0.25) is 5.02 Å². The van der Waals surface area contributed by atoms with Gasteiger partial charge in [-0.25, -0.2) is 9.07 Å². The van der Waals surface area contributed by atoms with Crippen LogP contribution in [-0.4, -0.2) is 22.5 Å². The number of hydrogen-bond donors (Lipinski definition) is 0. The van der Waals surface area contributed by atoms with Gasteiger partial charge in [-0.05, 0) is 50.8 Å². The van der Waals surface area contributed by atoms with Gasteiger partial charge in [0.05, 0.1) is 17.8 Å². The highest BCUT2D eigenvalue weighted by Crippen LogP contribution is 2.29. The minimum absolute atomic E-state index is 0.0696. The van der Waals surface area contributed by atoms with Gasteiger partial charge < -0.3 is 9.47 Å². The molecule has 3 rings (SSSR count). The van der Waals surface area contributed by atoms with Crippen LogP contribution in [0.15, 0.2) is 24.3 Å². The second-order valence-electron chi connectivity index (χ2n) is 6.84. The number of aryl methyl sites for hydroxylation is 1. The molecule has 0 spiro atoms. The van der Waals surface area contributed by atoms with Gasteiger partial charge in [0.25, 0.3) is 0 Å². The number of nitrogens with zero attached hydrogens (tertiary/aromatic N) is 2. The summed E-state index contributed by atoms with van der Waals surface area (Å²) in [5, 5.41) is 5.21. The Labute approximate surface area is 159 Å². The molecule has 0 radical (unpaired) electrons. The van der Waals surface area contributed by atoms with Crippen LogP contribution in [0.1, 0.15) is 56.8 Å². The van der Waals surface area contributed by atoms with Crippen LogP contribution in [0.3, 0.4) is 0 Å². The topological polar surface area (TPSA) is 36.3 Å². The Hall–Kier alpha value is -1.59. The van der Waals surface area contributed by atoms with Crippen LogP contribution >= 0.6 is 11.6 Å². The van der Waals surface area contributed by atoms with Gasteiger partial charge in [0.15, 0.2) is 0 Å². The smallest absolute Gasteiger partial charge is 0.212 e. The average molecular weight is 381 g/mol. The summed E-state index contributed by atoms with van der Waals surface area (Å²) in [4.78, 5) is 0. The van der Waals surface area contributed by atoms with Gasteiger partial charge in [-0.1, -0.05) is 24.9 Å². The lowest BCUT2D eigenvalue weighted by Crippen LogP contribution is -2.29. The van der Waals surface area contributed by atoms with Crippen molar-refractivity contribution >= 4 is 11.6 Å². The maximum atomic E-state index is 14.0. The fourth-order valence-electron chi connectivity index (χ4n) is 3.31. The highest BCUT2D eigenvalue weighted by Gasteiger charge is 2.25. The summed E-state index contributed by atoms with van der Waals surface area (Å²) in [5.74, 6) is 0.326. The molecule has 0 aliphatic carbocycles. The predicted molar refractivity (Wildman–Crippen MR) is 100 cm³/mol. The van der Waals surface area contributed by atoms with E-state index >= 15 is 0 Å². The van der Waals surface area contributed by atoms with Gasteiger partial charge in [-0.15, -0.1) is 0 Å². The Kier molecular flexibility index (Phi) is 6.54. The largest absolute Gasteiger partial charge is 0.473 e. The van der Waals surface area contributed by atoms with Gasteiger partial charge >= 0.3 is 0 Å². The van der Waals surface area contributed by atoms with Crippen LogP contribution in [0.25, 0.3) is 0 Å². The Morgan fingerprint density at radius 2 is 2.23 bits per heavy atom. The fraction of sp³-hybridized carbons (Fsp3) is 0.550. The van der Waals surface area contributed by atoms with Crippen LogP contribution in [0.4, 0.5) is 4.39 Å². The Bertz CT molecular complexity index is 729.